The molecule has 0 aliphatic heterocycles. The molecule has 0 spiro atoms. The van der Waals surface area contributed by atoms with Crippen molar-refractivity contribution in [3.05, 3.63) is 52.3 Å². The fraction of sp³-hybridized carbons (Fsp3) is 0.167. The molecule has 0 aliphatic carbocycles. The third-order valence-electron chi connectivity index (χ3n) is 2.54. The summed E-state index contributed by atoms with van der Waals surface area (Å²) in [6.07, 6.45) is 1.91. The number of aromatic nitrogens is 1. The second kappa shape index (κ2) is 5.10. The van der Waals surface area contributed by atoms with Crippen molar-refractivity contribution in [3.8, 4) is 5.69 Å². The lowest BCUT2D eigenvalue weighted by Crippen LogP contribution is -2.23. The van der Waals surface area contributed by atoms with Gasteiger partial charge in [-0.25, -0.2) is 0 Å². The van der Waals surface area contributed by atoms with Crippen LogP contribution in [0.2, 0.25) is 10.0 Å². The Hall–Kier alpha value is -1.000. The molecule has 4 N–H and O–H groups in total. The molecule has 0 saturated heterocycles. The van der Waals surface area contributed by atoms with Crippen LogP contribution < -0.4 is 11.5 Å². The van der Waals surface area contributed by atoms with E-state index >= 15 is 0 Å². The maximum atomic E-state index is 5.98. The van der Waals surface area contributed by atoms with Crippen molar-refractivity contribution < 1.29 is 0 Å². The molecule has 0 fully saturated rings. The Morgan fingerprint density at radius 2 is 1.82 bits per heavy atom. The van der Waals surface area contributed by atoms with Crippen LogP contribution in [0.4, 0.5) is 0 Å². The van der Waals surface area contributed by atoms with E-state index in [0.29, 0.717) is 16.6 Å². The van der Waals surface area contributed by atoms with Crippen LogP contribution in [0.5, 0.6) is 0 Å². The number of halogens is 2. The van der Waals surface area contributed by atoms with Crippen LogP contribution in [0.15, 0.2) is 36.5 Å². The van der Waals surface area contributed by atoms with Gasteiger partial charge in [0.15, 0.2) is 0 Å². The van der Waals surface area contributed by atoms with Crippen molar-refractivity contribution in [1.82, 2.24) is 4.57 Å². The summed E-state index contributed by atoms with van der Waals surface area (Å²) in [5.74, 6) is 0. The standard InChI is InChI=1S/C12H13Cl2N3/c13-8-4-9(14)6-10(5-8)17-3-1-2-12(17)11(16)7-15/h1-6,11H,7,15-16H2. The Morgan fingerprint density at radius 3 is 2.41 bits per heavy atom. The van der Waals surface area contributed by atoms with Crippen molar-refractivity contribution in [2.75, 3.05) is 6.54 Å². The molecule has 1 unspecified atom stereocenters. The van der Waals surface area contributed by atoms with Crippen molar-refractivity contribution in [3.63, 3.8) is 0 Å². The summed E-state index contributed by atoms with van der Waals surface area (Å²) in [7, 11) is 0. The first-order valence-electron chi connectivity index (χ1n) is 5.21. The van der Waals surface area contributed by atoms with E-state index in [0.717, 1.165) is 11.4 Å². The predicted octanol–water partition coefficient (Wildman–Crippen LogP) is 2.74. The first kappa shape index (κ1) is 12.5. The summed E-state index contributed by atoms with van der Waals surface area (Å²) >= 11 is 12.0. The van der Waals surface area contributed by atoms with E-state index in [2.05, 4.69) is 0 Å². The Kier molecular flexibility index (Phi) is 3.74. The Labute approximate surface area is 110 Å². The normalized spacial score (nSPS) is 12.7. The van der Waals surface area contributed by atoms with Gasteiger partial charge in [0.1, 0.15) is 0 Å². The lowest BCUT2D eigenvalue weighted by Gasteiger charge is -2.14. The topological polar surface area (TPSA) is 57.0 Å². The van der Waals surface area contributed by atoms with E-state index in [1.54, 1.807) is 6.07 Å². The average molecular weight is 270 g/mol. The number of hydrogen-bond donors (Lipinski definition) is 2. The molecule has 1 aromatic carbocycles. The van der Waals surface area contributed by atoms with Crippen LogP contribution in [0.1, 0.15) is 11.7 Å². The Morgan fingerprint density at radius 1 is 1.18 bits per heavy atom. The highest BCUT2D eigenvalue weighted by atomic mass is 35.5. The van der Waals surface area contributed by atoms with Crippen LogP contribution in [-0.4, -0.2) is 11.1 Å². The molecule has 2 aromatic rings. The van der Waals surface area contributed by atoms with Crippen molar-refractivity contribution in [1.29, 1.82) is 0 Å². The lowest BCUT2D eigenvalue weighted by atomic mass is 10.2. The fourth-order valence-electron chi connectivity index (χ4n) is 1.73. The minimum atomic E-state index is -0.206. The van der Waals surface area contributed by atoms with Gasteiger partial charge in [0.2, 0.25) is 0 Å². The summed E-state index contributed by atoms with van der Waals surface area (Å²) in [6, 6.07) is 9.01. The minimum Gasteiger partial charge on any atom is -0.329 e. The van der Waals surface area contributed by atoms with Gasteiger partial charge in [-0.1, -0.05) is 23.2 Å². The molecule has 1 aromatic heterocycles. The van der Waals surface area contributed by atoms with Gasteiger partial charge < -0.3 is 16.0 Å². The van der Waals surface area contributed by atoms with Gasteiger partial charge in [-0.15, -0.1) is 0 Å². The van der Waals surface area contributed by atoms with E-state index in [-0.39, 0.29) is 6.04 Å². The molecule has 90 valence electrons. The summed E-state index contributed by atoms with van der Waals surface area (Å²) in [4.78, 5) is 0. The van der Waals surface area contributed by atoms with Gasteiger partial charge in [0.05, 0.1) is 6.04 Å². The zero-order chi connectivity index (χ0) is 12.4. The third kappa shape index (κ3) is 2.64. The smallest absolute Gasteiger partial charge is 0.0578 e. The third-order valence-corrected chi connectivity index (χ3v) is 2.98. The van der Waals surface area contributed by atoms with Gasteiger partial charge in [-0.3, -0.25) is 0 Å². The zero-order valence-electron chi connectivity index (χ0n) is 9.11. The molecule has 0 aliphatic rings. The van der Waals surface area contributed by atoms with Gasteiger partial charge >= 0.3 is 0 Å². The monoisotopic (exact) mass is 269 g/mol. The molecule has 0 saturated carbocycles. The quantitative estimate of drug-likeness (QED) is 0.901. The highest BCUT2D eigenvalue weighted by Gasteiger charge is 2.10. The second-order valence-corrected chi connectivity index (χ2v) is 4.65. The van der Waals surface area contributed by atoms with Crippen molar-refractivity contribution >= 4 is 23.2 Å². The van der Waals surface area contributed by atoms with Crippen molar-refractivity contribution in [2.24, 2.45) is 11.5 Å². The summed E-state index contributed by atoms with van der Waals surface area (Å²) in [5.41, 5.74) is 13.3. The fourth-order valence-corrected chi connectivity index (χ4v) is 2.25. The number of nitrogens with zero attached hydrogens (tertiary/aromatic N) is 1. The summed E-state index contributed by atoms with van der Waals surface area (Å²) < 4.78 is 1.94. The van der Waals surface area contributed by atoms with Crippen molar-refractivity contribution in [2.45, 2.75) is 6.04 Å². The number of benzene rings is 1. The van der Waals surface area contributed by atoms with E-state index < -0.39 is 0 Å². The second-order valence-electron chi connectivity index (χ2n) is 3.77. The van der Waals surface area contributed by atoms with Gasteiger partial charge in [-0.05, 0) is 30.3 Å². The molecule has 0 bridgehead atoms. The van der Waals surface area contributed by atoms with Crippen LogP contribution in [0.3, 0.4) is 0 Å². The Bertz CT molecular complexity index is 502. The van der Waals surface area contributed by atoms with E-state index in [4.69, 9.17) is 34.7 Å². The molecule has 17 heavy (non-hydrogen) atoms. The van der Waals surface area contributed by atoms with Crippen LogP contribution in [0.25, 0.3) is 5.69 Å². The first-order valence-corrected chi connectivity index (χ1v) is 5.97. The SMILES string of the molecule is NCC(N)c1cccn1-c1cc(Cl)cc(Cl)c1. The maximum Gasteiger partial charge on any atom is 0.0578 e. The molecule has 1 atom stereocenters. The zero-order valence-corrected chi connectivity index (χ0v) is 10.6. The molecular weight excluding hydrogens is 257 g/mol. The molecular formula is C12H13Cl2N3. The maximum absolute atomic E-state index is 5.98. The highest BCUT2D eigenvalue weighted by molar-refractivity contribution is 6.34. The molecule has 0 radical (unpaired) electrons. The van der Waals surface area contributed by atoms with Crippen LogP contribution >= 0.6 is 23.2 Å². The predicted molar refractivity (Wildman–Crippen MR) is 71.8 cm³/mol. The van der Waals surface area contributed by atoms with Gasteiger partial charge in [-0.2, -0.15) is 0 Å². The number of rotatable bonds is 3. The molecule has 0 amide bonds. The van der Waals surface area contributed by atoms with Crippen LogP contribution in [-0.2, 0) is 0 Å². The highest BCUT2D eigenvalue weighted by Crippen LogP contribution is 2.24. The summed E-state index contributed by atoms with van der Waals surface area (Å²) in [5, 5.41) is 1.18. The van der Waals surface area contributed by atoms with E-state index in [1.807, 2.05) is 35.0 Å². The average Bonchev–Trinajstić information content (AvgIpc) is 2.75. The van der Waals surface area contributed by atoms with Gasteiger partial charge in [0.25, 0.3) is 0 Å². The minimum absolute atomic E-state index is 0.206. The molecule has 2 rings (SSSR count). The Balaban J connectivity index is 2.49. The molecule has 3 nitrogen and oxygen atoms in total. The van der Waals surface area contributed by atoms with Crippen LogP contribution in [0, 0.1) is 0 Å². The number of hydrogen-bond acceptors (Lipinski definition) is 2. The van der Waals surface area contributed by atoms with Gasteiger partial charge in [0, 0.05) is 34.2 Å². The summed E-state index contributed by atoms with van der Waals surface area (Å²) in [6.45, 7) is 0.387. The molecule has 1 heterocycles. The van der Waals surface area contributed by atoms with E-state index in [1.165, 1.54) is 0 Å². The molecule has 5 heteroatoms. The van der Waals surface area contributed by atoms with E-state index in [9.17, 15) is 0 Å². The largest absolute Gasteiger partial charge is 0.329 e. The number of nitrogens with two attached hydrogens (primary N) is 2. The first-order chi connectivity index (χ1) is 8.11. The lowest BCUT2D eigenvalue weighted by molar-refractivity contribution is 0.692.